The second-order valence-corrected chi connectivity index (χ2v) is 7.67. The smallest absolute Gasteiger partial charge is 0.416 e. The first-order valence-corrected chi connectivity index (χ1v) is 10.3. The zero-order valence-electron chi connectivity index (χ0n) is 19.6. The van der Waals surface area contributed by atoms with Gasteiger partial charge in [0.15, 0.2) is 5.78 Å². The van der Waals surface area contributed by atoms with E-state index in [9.17, 15) is 22.4 Å². The van der Waals surface area contributed by atoms with Crippen LogP contribution in [-0.4, -0.2) is 12.0 Å². The summed E-state index contributed by atoms with van der Waals surface area (Å²) in [6.45, 7) is 13.1. The van der Waals surface area contributed by atoms with E-state index in [1.807, 2.05) is 13.0 Å². The summed E-state index contributed by atoms with van der Waals surface area (Å²) in [5.41, 5.74) is 1.92. The maximum atomic E-state index is 12.7. The number of carbonyl (C=O) groups excluding carboxylic acids is 1. The molecule has 0 N–H and O–H groups in total. The third-order valence-corrected chi connectivity index (χ3v) is 4.54. The fourth-order valence-corrected chi connectivity index (χ4v) is 2.35. The van der Waals surface area contributed by atoms with Gasteiger partial charge < -0.3 is 4.42 Å². The van der Waals surface area contributed by atoms with E-state index >= 15 is 0 Å². The molecule has 33 heavy (non-hydrogen) atoms. The molecule has 0 aliphatic carbocycles. The minimum absolute atomic E-state index is 0.0136. The second-order valence-electron chi connectivity index (χ2n) is 7.11. The third-order valence-electron chi connectivity index (χ3n) is 4.26. The quantitative estimate of drug-likeness (QED) is 0.246. The number of hydrogen-bond donors (Lipinski definition) is 0. The number of Topliss-reactive ketones (excluding diaryl/α,β-unsaturated/α-hetero) is 1. The number of rotatable bonds is 4. The molecule has 0 aliphatic rings. The molecule has 1 aromatic carbocycles. The van der Waals surface area contributed by atoms with Crippen molar-refractivity contribution in [3.05, 3.63) is 100 Å². The van der Waals surface area contributed by atoms with Crippen LogP contribution in [0.3, 0.4) is 0 Å². The summed E-state index contributed by atoms with van der Waals surface area (Å²) in [5, 5.41) is 0.581. The largest absolute Gasteiger partial charge is 0.472 e. The first-order valence-electron chi connectivity index (χ1n) is 9.90. The summed E-state index contributed by atoms with van der Waals surface area (Å²) in [6.07, 6.45) is 1.09. The van der Waals surface area contributed by atoms with Crippen LogP contribution >= 0.6 is 11.6 Å². The molecule has 0 fully saturated rings. The molecular formula is C26H29ClF4O2. The molecule has 0 aliphatic heterocycles. The highest BCUT2D eigenvalue weighted by Gasteiger charge is 2.34. The van der Waals surface area contributed by atoms with Crippen LogP contribution in [0.5, 0.6) is 0 Å². The van der Waals surface area contributed by atoms with E-state index in [-0.39, 0.29) is 17.2 Å². The molecule has 2 nitrogen and oxygen atoms in total. The van der Waals surface area contributed by atoms with Crippen molar-refractivity contribution in [2.24, 2.45) is 0 Å². The van der Waals surface area contributed by atoms with Crippen molar-refractivity contribution in [3.8, 4) is 0 Å². The molecule has 0 amide bonds. The maximum Gasteiger partial charge on any atom is 0.416 e. The number of hydrogen-bond acceptors (Lipinski definition) is 2. The van der Waals surface area contributed by atoms with E-state index in [0.717, 1.165) is 11.6 Å². The lowest BCUT2D eigenvalue weighted by Gasteiger charge is -2.12. The summed E-state index contributed by atoms with van der Waals surface area (Å²) in [7, 11) is 0. The molecule has 0 saturated heterocycles. The van der Waals surface area contributed by atoms with Crippen LogP contribution in [-0.2, 0) is 4.79 Å². The van der Waals surface area contributed by atoms with Gasteiger partial charge >= 0.3 is 6.18 Å². The van der Waals surface area contributed by atoms with Crippen LogP contribution in [0, 0.1) is 12.7 Å². The lowest BCUT2D eigenvalue weighted by molar-refractivity contribution is -0.113. The van der Waals surface area contributed by atoms with Gasteiger partial charge in [-0.2, -0.15) is 13.2 Å². The molecule has 2 aromatic rings. The Labute approximate surface area is 198 Å². The van der Waals surface area contributed by atoms with Crippen LogP contribution in [0.4, 0.5) is 17.6 Å². The monoisotopic (exact) mass is 484 g/mol. The van der Waals surface area contributed by atoms with E-state index in [1.54, 1.807) is 39.0 Å². The molecule has 180 valence electrons. The van der Waals surface area contributed by atoms with Gasteiger partial charge in [-0.1, -0.05) is 36.4 Å². The van der Waals surface area contributed by atoms with Gasteiger partial charge in [0, 0.05) is 16.2 Å². The summed E-state index contributed by atoms with van der Waals surface area (Å²) in [6, 6.07) is 8.11. The predicted octanol–water partition coefficient (Wildman–Crippen LogP) is 8.99. The summed E-state index contributed by atoms with van der Waals surface area (Å²) in [4.78, 5) is 10.4. The van der Waals surface area contributed by atoms with Crippen LogP contribution in [0.2, 0.25) is 0 Å². The molecule has 1 aromatic heterocycles. The first kappa shape index (κ1) is 30.1. The van der Waals surface area contributed by atoms with Gasteiger partial charge in [-0.25, -0.2) is 4.39 Å². The Morgan fingerprint density at radius 2 is 1.73 bits per heavy atom. The van der Waals surface area contributed by atoms with Gasteiger partial charge in [-0.15, -0.1) is 0 Å². The molecule has 0 spiro atoms. The SMILES string of the molecule is C=C(C)/C(=C\C(=C/C)c1ccoc1)C(F)(F)F.CC(=O)/C(C)=C(/C)Cl.Cc1cccc(F)c1. The number of benzene rings is 1. The predicted molar refractivity (Wildman–Crippen MR) is 127 cm³/mol. The Hall–Kier alpha value is -2.86. The molecule has 1 heterocycles. The summed E-state index contributed by atoms with van der Waals surface area (Å²) >= 11 is 5.48. The highest BCUT2D eigenvalue weighted by Crippen LogP contribution is 2.33. The van der Waals surface area contributed by atoms with Crippen molar-refractivity contribution in [2.75, 3.05) is 0 Å². The fourth-order valence-electron chi connectivity index (χ4n) is 2.21. The van der Waals surface area contributed by atoms with Crippen molar-refractivity contribution in [2.45, 2.75) is 47.7 Å². The Kier molecular flexibility index (Phi) is 13.1. The standard InChI is InChI=1S/C13H13F3O.C7H7F.C6H9ClO/c1-4-10(11-5-6-17-8-11)7-12(9(2)3)13(14,15)16;1-6-3-2-4-7(8)5-6;1-4(5(2)7)6(3)8/h4-8H,2H2,1,3H3;2-5H,1H3;1-3H3/b10-4+,12-7+;;5-4-. The van der Waals surface area contributed by atoms with Crippen LogP contribution in [0.15, 0.2) is 87.8 Å². The average Bonchev–Trinajstić information content (AvgIpc) is 3.22. The van der Waals surface area contributed by atoms with Gasteiger partial charge in [0.1, 0.15) is 5.82 Å². The molecule has 0 atom stereocenters. The zero-order valence-corrected chi connectivity index (χ0v) is 20.4. The topological polar surface area (TPSA) is 30.2 Å². The van der Waals surface area contributed by atoms with Crippen LogP contribution in [0.25, 0.3) is 5.57 Å². The number of halogens is 5. The summed E-state index contributed by atoms with van der Waals surface area (Å²) in [5.74, 6) is -0.123. The Bertz CT molecular complexity index is 990. The van der Waals surface area contributed by atoms with E-state index in [0.29, 0.717) is 21.7 Å². The molecule has 7 heteroatoms. The van der Waals surface area contributed by atoms with E-state index in [1.165, 1.54) is 38.5 Å². The van der Waals surface area contributed by atoms with Crippen molar-refractivity contribution in [1.29, 1.82) is 0 Å². The average molecular weight is 485 g/mol. The molecule has 2 rings (SSSR count). The van der Waals surface area contributed by atoms with Gasteiger partial charge in [0.2, 0.25) is 0 Å². The molecular weight excluding hydrogens is 456 g/mol. The van der Waals surface area contributed by atoms with E-state index < -0.39 is 11.7 Å². The van der Waals surface area contributed by atoms with Gasteiger partial charge in [0.05, 0.1) is 18.1 Å². The number of carbonyl (C=O) groups is 1. The van der Waals surface area contributed by atoms with Crippen LogP contribution in [0.1, 0.15) is 45.7 Å². The lowest BCUT2D eigenvalue weighted by Crippen LogP contribution is -2.12. The van der Waals surface area contributed by atoms with Gasteiger partial charge in [-0.3, -0.25) is 4.79 Å². The highest BCUT2D eigenvalue weighted by atomic mass is 35.5. The highest BCUT2D eigenvalue weighted by molar-refractivity contribution is 6.31. The Morgan fingerprint density at radius 1 is 1.12 bits per heavy atom. The molecule has 0 saturated carbocycles. The number of allylic oxidation sites excluding steroid dienone is 7. The van der Waals surface area contributed by atoms with E-state index in [2.05, 4.69) is 6.58 Å². The third kappa shape index (κ3) is 12.1. The summed E-state index contributed by atoms with van der Waals surface area (Å²) < 4.78 is 55.2. The van der Waals surface area contributed by atoms with E-state index in [4.69, 9.17) is 16.0 Å². The second kappa shape index (κ2) is 14.3. The normalized spacial score (nSPS) is 12.6. The Morgan fingerprint density at radius 3 is 2.00 bits per heavy atom. The van der Waals surface area contributed by atoms with Crippen molar-refractivity contribution >= 4 is 23.0 Å². The number of aryl methyl sites for hydroxylation is 1. The molecule has 0 radical (unpaired) electrons. The van der Waals surface area contributed by atoms with Gasteiger partial charge in [0.25, 0.3) is 0 Å². The van der Waals surface area contributed by atoms with Crippen molar-refractivity contribution in [3.63, 3.8) is 0 Å². The van der Waals surface area contributed by atoms with Crippen LogP contribution < -0.4 is 0 Å². The number of ketones is 1. The first-order chi connectivity index (χ1) is 15.2. The Balaban J connectivity index is 0.000000532. The minimum Gasteiger partial charge on any atom is -0.472 e. The molecule has 0 bridgehead atoms. The van der Waals surface area contributed by atoms with Crippen molar-refractivity contribution in [1.82, 2.24) is 0 Å². The van der Waals surface area contributed by atoms with Crippen molar-refractivity contribution < 1.29 is 26.8 Å². The molecule has 0 unspecified atom stereocenters. The maximum absolute atomic E-state index is 12.7. The number of alkyl halides is 3. The van der Waals surface area contributed by atoms with Gasteiger partial charge in [-0.05, 0) is 82.5 Å². The fraction of sp³-hybridized carbons (Fsp3) is 0.269. The number of furan rings is 1. The zero-order chi connectivity index (χ0) is 25.8. The minimum atomic E-state index is -4.40. The lowest BCUT2D eigenvalue weighted by atomic mass is 10.0.